The van der Waals surface area contributed by atoms with E-state index in [0.29, 0.717) is 77.9 Å². The summed E-state index contributed by atoms with van der Waals surface area (Å²) in [6.07, 6.45) is 10.4. The number of allylic oxidation sites excluding steroid dienone is 2. The number of ether oxygens (including phenoxy) is 2. The topological polar surface area (TPSA) is 237 Å². The van der Waals surface area contributed by atoms with Gasteiger partial charge in [0, 0.05) is 61.5 Å². The molecule has 0 atom stereocenters. The number of hydrogen-bond acceptors (Lipinski definition) is 11. The molecule has 1 aliphatic heterocycles. The second-order valence-corrected chi connectivity index (χ2v) is 16.7. The molecule has 0 unspecified atom stereocenters. The summed E-state index contributed by atoms with van der Waals surface area (Å²) in [5.74, 6) is -0.955. The number of imidazole rings is 2. The first-order chi connectivity index (χ1) is 31.6. The molecule has 6 aromatic rings. The quantitative estimate of drug-likeness (QED) is 0.0955. The van der Waals surface area contributed by atoms with Crippen molar-refractivity contribution in [3.63, 3.8) is 0 Å². The number of nitrogens with one attached hydrogen (secondary N) is 2. The molecule has 5 heterocycles. The van der Waals surface area contributed by atoms with Crippen LogP contribution in [0, 0.1) is 0 Å². The first-order valence-electron chi connectivity index (χ1n) is 22.5. The Bertz CT molecular complexity index is 2880. The Morgan fingerprint density at radius 3 is 1.78 bits per heavy atom. The van der Waals surface area contributed by atoms with Gasteiger partial charge in [-0.15, -0.1) is 0 Å². The van der Waals surface area contributed by atoms with Crippen LogP contribution < -0.4 is 26.8 Å². The van der Waals surface area contributed by atoms with Gasteiger partial charge >= 0.3 is 0 Å². The zero-order valence-corrected chi connectivity index (χ0v) is 37.1. The number of rotatable bonds is 17. The summed E-state index contributed by atoms with van der Waals surface area (Å²) in [6, 6.07) is 6.64. The number of carbonyl (C=O) groups is 4. The maximum Gasteiger partial charge on any atom is 0.276 e. The second-order valence-electron chi connectivity index (χ2n) is 16.7. The minimum absolute atomic E-state index is 0.211. The molecular weight excluding hydrogens is 831 g/mol. The second kappa shape index (κ2) is 18.3. The predicted molar refractivity (Wildman–Crippen MR) is 244 cm³/mol. The van der Waals surface area contributed by atoms with Gasteiger partial charge in [0.05, 0.1) is 48.3 Å². The third-order valence-electron chi connectivity index (χ3n) is 12.7. The Hall–Kier alpha value is -6.86. The lowest BCUT2D eigenvalue weighted by Crippen LogP contribution is -2.36. The molecule has 1 saturated heterocycles. The van der Waals surface area contributed by atoms with Crippen LogP contribution in [-0.4, -0.2) is 107 Å². The van der Waals surface area contributed by atoms with Crippen molar-refractivity contribution < 1.29 is 28.7 Å². The van der Waals surface area contributed by atoms with Crippen LogP contribution in [-0.2, 0) is 63.0 Å². The number of aromatic nitrogens is 8. The molecule has 2 aromatic carbocycles. The molecule has 4 aromatic heterocycles. The first-order valence-corrected chi connectivity index (χ1v) is 22.5. The van der Waals surface area contributed by atoms with Crippen molar-refractivity contribution in [3.05, 3.63) is 87.0 Å². The molecule has 0 radical (unpaired) electrons. The Balaban J connectivity index is 1.08. The molecule has 19 nitrogen and oxygen atoms in total. The van der Waals surface area contributed by atoms with E-state index in [-0.39, 0.29) is 36.4 Å². The van der Waals surface area contributed by atoms with E-state index >= 15 is 0 Å². The maximum absolute atomic E-state index is 14.3. The number of amides is 4. The third kappa shape index (κ3) is 8.36. The largest absolute Gasteiger partial charge is 0.494 e. The van der Waals surface area contributed by atoms with Gasteiger partial charge in [0.25, 0.3) is 11.8 Å². The molecule has 1 fully saturated rings. The average molecular weight is 886 g/mol. The van der Waals surface area contributed by atoms with Crippen molar-refractivity contribution >= 4 is 57.6 Å². The summed E-state index contributed by atoms with van der Waals surface area (Å²) in [6.45, 7) is 9.42. The van der Waals surface area contributed by atoms with Gasteiger partial charge in [0.1, 0.15) is 22.7 Å². The number of benzene rings is 2. The van der Waals surface area contributed by atoms with Gasteiger partial charge in [-0.1, -0.05) is 12.2 Å². The highest BCUT2D eigenvalue weighted by molar-refractivity contribution is 6.06. The smallest absolute Gasteiger partial charge is 0.276 e. The van der Waals surface area contributed by atoms with E-state index in [1.165, 1.54) is 7.11 Å². The maximum atomic E-state index is 14.3. The van der Waals surface area contributed by atoms with E-state index in [1.807, 2.05) is 41.2 Å². The van der Waals surface area contributed by atoms with Crippen molar-refractivity contribution in [2.75, 3.05) is 50.6 Å². The van der Waals surface area contributed by atoms with E-state index in [0.717, 1.165) is 98.2 Å². The lowest BCUT2D eigenvalue weighted by atomic mass is 10.0. The summed E-state index contributed by atoms with van der Waals surface area (Å²) in [5.41, 5.74) is 20.1. The van der Waals surface area contributed by atoms with Crippen LogP contribution in [0.2, 0.25) is 0 Å². The van der Waals surface area contributed by atoms with Gasteiger partial charge in [-0.3, -0.25) is 44.1 Å². The van der Waals surface area contributed by atoms with Crippen LogP contribution in [0.4, 0.5) is 11.9 Å². The lowest BCUT2D eigenvalue weighted by molar-refractivity contribution is 0.0375. The molecule has 3 aliphatic rings. The normalized spacial score (nSPS) is 15.0. The van der Waals surface area contributed by atoms with Crippen LogP contribution in [0.5, 0.6) is 5.75 Å². The number of fused-ring (bicyclic) bond motifs is 4. The highest BCUT2D eigenvalue weighted by Crippen LogP contribution is 2.33. The summed E-state index contributed by atoms with van der Waals surface area (Å²) in [7, 11) is 1.50. The molecule has 0 bridgehead atoms. The molecule has 2 aliphatic carbocycles. The molecule has 4 amide bonds. The third-order valence-corrected chi connectivity index (χ3v) is 12.7. The summed E-state index contributed by atoms with van der Waals surface area (Å²) in [5, 5.41) is 15.6. The number of carbonyl (C=O) groups excluding carboxylic acids is 4. The SMILES string of the molecule is CCn1nc2c(c1C(=O)Nc1nc3cc(C(N)=O)cc(CCCN4CCOCC4)c3n1C/C=C/Cn1c(NC(=O)c3c4c(nn3CC)CCC4)nc3cc(C(N)=O)cc(OC)c31)CCC2. The standard InChI is InChI=1S/C46H55N13O6/c1-4-58-38(30-12-8-14-32(30)53-58)43(62)51-45-49-34-24-28(41(47)60)23-27(11-10-16-55-19-21-65-22-20-55)37(34)56(45)17-6-7-18-57-40-35(25-29(42(48)61)26-36(40)64-3)50-46(57)52-44(63)39-31-13-9-15-33(31)54-59(39)5-2/h6-7,23-26H,4-5,8-22H2,1-3H3,(H2,47,60)(H2,48,61)(H,49,51,62)(H,50,52,63)/b7-6+. The highest BCUT2D eigenvalue weighted by atomic mass is 16.5. The fourth-order valence-corrected chi connectivity index (χ4v) is 9.62. The van der Waals surface area contributed by atoms with Crippen molar-refractivity contribution in [2.45, 2.75) is 91.4 Å². The lowest BCUT2D eigenvalue weighted by Gasteiger charge is -2.26. The number of aryl methyl sites for hydroxylation is 5. The van der Waals surface area contributed by atoms with Crippen LogP contribution in [0.25, 0.3) is 22.1 Å². The van der Waals surface area contributed by atoms with Gasteiger partial charge in [-0.2, -0.15) is 10.2 Å². The molecule has 9 rings (SSSR count). The molecule has 0 saturated carbocycles. The number of methoxy groups -OCH3 is 1. The number of nitrogens with zero attached hydrogens (tertiary/aromatic N) is 9. The van der Waals surface area contributed by atoms with E-state index in [4.69, 9.17) is 41.1 Å². The number of nitrogens with two attached hydrogens (primary N) is 2. The Morgan fingerprint density at radius 1 is 0.738 bits per heavy atom. The molecular formula is C46H55N13O6. The molecule has 65 heavy (non-hydrogen) atoms. The Morgan fingerprint density at radius 2 is 1.26 bits per heavy atom. The summed E-state index contributed by atoms with van der Waals surface area (Å²) >= 11 is 0. The monoisotopic (exact) mass is 885 g/mol. The highest BCUT2D eigenvalue weighted by Gasteiger charge is 2.30. The fraction of sp³-hybridized carbons (Fsp3) is 0.435. The fourth-order valence-electron chi connectivity index (χ4n) is 9.62. The van der Waals surface area contributed by atoms with Gasteiger partial charge in [0.2, 0.25) is 23.7 Å². The Kier molecular flexibility index (Phi) is 12.2. The molecule has 340 valence electrons. The number of hydrogen-bond donors (Lipinski definition) is 4. The van der Waals surface area contributed by atoms with E-state index < -0.39 is 11.8 Å². The van der Waals surface area contributed by atoms with Crippen molar-refractivity contribution in [1.82, 2.24) is 43.6 Å². The van der Waals surface area contributed by atoms with Crippen LogP contribution in [0.1, 0.15) is 103 Å². The predicted octanol–water partition coefficient (Wildman–Crippen LogP) is 4.03. The number of morpholine rings is 1. The minimum atomic E-state index is -0.643. The molecule has 6 N–H and O–H groups in total. The van der Waals surface area contributed by atoms with Gasteiger partial charge < -0.3 is 30.1 Å². The molecule has 0 spiro atoms. The van der Waals surface area contributed by atoms with Crippen molar-refractivity contribution in [1.29, 1.82) is 0 Å². The van der Waals surface area contributed by atoms with Crippen molar-refractivity contribution in [2.24, 2.45) is 11.5 Å². The van der Waals surface area contributed by atoms with Crippen LogP contribution in [0.3, 0.4) is 0 Å². The van der Waals surface area contributed by atoms with Crippen molar-refractivity contribution in [3.8, 4) is 5.75 Å². The van der Waals surface area contributed by atoms with Gasteiger partial charge in [0.15, 0.2) is 0 Å². The van der Waals surface area contributed by atoms with Gasteiger partial charge in [-0.05, 0) is 102 Å². The first kappa shape index (κ1) is 43.4. The average Bonchev–Trinajstić information content (AvgIpc) is 4.16. The zero-order chi connectivity index (χ0) is 45.4. The van der Waals surface area contributed by atoms with E-state index in [2.05, 4.69) is 15.5 Å². The number of anilines is 2. The zero-order valence-electron chi connectivity index (χ0n) is 37.1. The number of primary amides is 2. The van der Waals surface area contributed by atoms with E-state index in [1.54, 1.807) is 27.6 Å². The van der Waals surface area contributed by atoms with Gasteiger partial charge in [-0.25, -0.2) is 9.97 Å². The summed E-state index contributed by atoms with van der Waals surface area (Å²) in [4.78, 5) is 65.6. The summed E-state index contributed by atoms with van der Waals surface area (Å²) < 4.78 is 18.6. The Labute approximate surface area is 375 Å². The van der Waals surface area contributed by atoms with E-state index in [9.17, 15) is 19.2 Å². The van der Waals surface area contributed by atoms with Crippen LogP contribution in [0.15, 0.2) is 36.4 Å². The minimum Gasteiger partial charge on any atom is -0.494 e. The van der Waals surface area contributed by atoms with Crippen LogP contribution >= 0.6 is 0 Å². The molecule has 19 heteroatoms.